The Hall–Kier alpha value is -1.79. The van der Waals surface area contributed by atoms with Crippen LogP contribution in [0.3, 0.4) is 0 Å². The summed E-state index contributed by atoms with van der Waals surface area (Å²) < 4.78 is 51.1. The van der Waals surface area contributed by atoms with E-state index in [2.05, 4.69) is 5.73 Å². The molecule has 3 nitrogen and oxygen atoms in total. The summed E-state index contributed by atoms with van der Waals surface area (Å²) in [6, 6.07) is -0.975. The predicted molar refractivity (Wildman–Crippen MR) is 42.7 cm³/mol. The zero-order chi connectivity index (χ0) is 11.6. The molecule has 0 aliphatic heterocycles. The van der Waals surface area contributed by atoms with Crippen molar-refractivity contribution in [1.82, 2.24) is 5.32 Å². The van der Waals surface area contributed by atoms with Gasteiger partial charge in [-0.15, -0.1) is 0 Å². The first-order valence-electron chi connectivity index (χ1n) is 3.78. The highest BCUT2D eigenvalue weighted by atomic mass is 19.2. The molecule has 3 N–H and O–H groups in total. The van der Waals surface area contributed by atoms with Gasteiger partial charge in [0.15, 0.2) is 23.3 Å². The zero-order valence-electron chi connectivity index (χ0n) is 7.28. The van der Waals surface area contributed by atoms with E-state index in [1.807, 2.05) is 5.32 Å². The molecule has 1 rings (SSSR count). The van der Waals surface area contributed by atoms with Crippen LogP contribution in [0.1, 0.15) is 5.56 Å². The number of amides is 2. The van der Waals surface area contributed by atoms with Gasteiger partial charge in [-0.1, -0.05) is 0 Å². The minimum Gasteiger partial charge on any atom is -0.352 e. The third-order valence-corrected chi connectivity index (χ3v) is 1.64. The number of nitrogens with one attached hydrogen (secondary N) is 1. The third-order valence-electron chi connectivity index (χ3n) is 1.64. The fourth-order valence-corrected chi connectivity index (χ4v) is 0.953. The van der Waals surface area contributed by atoms with E-state index >= 15 is 0 Å². The summed E-state index contributed by atoms with van der Waals surface area (Å²) in [4.78, 5) is 10.2. The van der Waals surface area contributed by atoms with Crippen LogP contribution in [0.15, 0.2) is 6.07 Å². The van der Waals surface area contributed by atoms with Gasteiger partial charge < -0.3 is 11.1 Å². The smallest absolute Gasteiger partial charge is 0.312 e. The van der Waals surface area contributed by atoms with Crippen LogP contribution < -0.4 is 11.1 Å². The fraction of sp³-hybridized carbons (Fsp3) is 0.125. The molecule has 0 bridgehead atoms. The lowest BCUT2D eigenvalue weighted by Gasteiger charge is -2.06. The summed E-state index contributed by atoms with van der Waals surface area (Å²) in [7, 11) is 0. The third kappa shape index (κ3) is 2.36. The van der Waals surface area contributed by atoms with Crippen LogP contribution in [0.2, 0.25) is 0 Å². The molecule has 0 unspecified atom stereocenters. The number of carbonyl (C=O) groups excluding carboxylic acids is 1. The number of hydrogen-bond acceptors (Lipinski definition) is 1. The predicted octanol–water partition coefficient (Wildman–Crippen LogP) is 1.41. The lowest BCUT2D eigenvalue weighted by molar-refractivity contribution is 0.248. The van der Waals surface area contributed by atoms with E-state index in [0.717, 1.165) is 0 Å². The Labute approximate surface area is 81.9 Å². The molecule has 0 fully saturated rings. The van der Waals surface area contributed by atoms with Crippen molar-refractivity contribution < 1.29 is 22.4 Å². The topological polar surface area (TPSA) is 55.1 Å². The van der Waals surface area contributed by atoms with Crippen molar-refractivity contribution in [2.24, 2.45) is 5.73 Å². The molecule has 0 atom stereocenters. The summed E-state index contributed by atoms with van der Waals surface area (Å²) in [5, 5.41) is 1.82. The molecule has 1 aromatic rings. The van der Waals surface area contributed by atoms with Crippen LogP contribution in [0, 0.1) is 23.3 Å². The Morgan fingerprint density at radius 2 is 1.67 bits per heavy atom. The molecular formula is C8H6F4N2O. The minimum atomic E-state index is -1.55. The van der Waals surface area contributed by atoms with Crippen molar-refractivity contribution in [2.75, 3.05) is 0 Å². The number of halogens is 4. The average molecular weight is 222 g/mol. The first kappa shape index (κ1) is 11.3. The van der Waals surface area contributed by atoms with Gasteiger partial charge in [0.1, 0.15) is 0 Å². The Kier molecular flexibility index (Phi) is 3.13. The molecule has 1 aromatic carbocycles. The van der Waals surface area contributed by atoms with Gasteiger partial charge in [0.2, 0.25) is 0 Å². The minimum absolute atomic E-state index is 0.0818. The van der Waals surface area contributed by atoms with Crippen LogP contribution in [0.4, 0.5) is 22.4 Å². The maximum Gasteiger partial charge on any atom is 0.312 e. The van der Waals surface area contributed by atoms with E-state index in [1.54, 1.807) is 0 Å². The maximum atomic E-state index is 12.9. The fourth-order valence-electron chi connectivity index (χ4n) is 0.953. The second-order valence-corrected chi connectivity index (χ2v) is 2.66. The Bertz CT molecular complexity index is 382. The normalized spacial score (nSPS) is 10.1. The number of primary amides is 1. The van der Waals surface area contributed by atoms with Crippen molar-refractivity contribution in [3.63, 3.8) is 0 Å². The Morgan fingerprint density at radius 1 is 1.20 bits per heavy atom. The van der Waals surface area contributed by atoms with Crippen molar-refractivity contribution >= 4 is 6.03 Å². The Morgan fingerprint density at radius 3 is 2.07 bits per heavy atom. The molecule has 15 heavy (non-hydrogen) atoms. The molecule has 7 heteroatoms. The van der Waals surface area contributed by atoms with E-state index in [9.17, 15) is 22.4 Å². The molecular weight excluding hydrogens is 216 g/mol. The molecule has 2 amide bonds. The van der Waals surface area contributed by atoms with Gasteiger partial charge in [-0.2, -0.15) is 0 Å². The van der Waals surface area contributed by atoms with Crippen molar-refractivity contribution in [3.8, 4) is 0 Å². The van der Waals surface area contributed by atoms with Gasteiger partial charge in [0, 0.05) is 11.6 Å². The number of urea groups is 1. The maximum absolute atomic E-state index is 12.9. The Balaban J connectivity index is 3.09. The second kappa shape index (κ2) is 4.16. The average Bonchev–Trinajstić information content (AvgIpc) is 2.14. The van der Waals surface area contributed by atoms with Crippen LogP contribution in [-0.4, -0.2) is 6.03 Å². The van der Waals surface area contributed by atoms with Gasteiger partial charge in [0.25, 0.3) is 0 Å². The quantitative estimate of drug-likeness (QED) is 0.577. The van der Waals surface area contributed by atoms with E-state index in [1.165, 1.54) is 0 Å². The van der Waals surface area contributed by atoms with Crippen molar-refractivity contribution in [3.05, 3.63) is 34.9 Å². The van der Waals surface area contributed by atoms with Crippen LogP contribution in [0.5, 0.6) is 0 Å². The lowest BCUT2D eigenvalue weighted by Crippen LogP contribution is -2.29. The first-order chi connectivity index (χ1) is 6.93. The highest BCUT2D eigenvalue weighted by molar-refractivity contribution is 5.71. The number of carbonyl (C=O) groups is 1. The molecule has 0 radical (unpaired) electrons. The van der Waals surface area contributed by atoms with Crippen LogP contribution in [0.25, 0.3) is 0 Å². The SMILES string of the molecule is NC(=O)NCc1c(F)c(F)cc(F)c1F. The molecule has 0 aliphatic carbocycles. The van der Waals surface area contributed by atoms with Crippen molar-refractivity contribution in [2.45, 2.75) is 6.54 Å². The molecule has 82 valence electrons. The summed E-state index contributed by atoms with van der Waals surface area (Å²) in [5.41, 5.74) is 3.72. The zero-order valence-corrected chi connectivity index (χ0v) is 7.28. The molecule has 0 spiro atoms. The standard InChI is InChI=1S/C8H6F4N2O/c9-4-1-5(10)7(12)3(6(4)11)2-14-8(13)15/h1H,2H2,(H3,13,14,15). The van der Waals surface area contributed by atoms with Crippen LogP contribution in [-0.2, 0) is 6.54 Å². The molecule has 0 aliphatic rings. The van der Waals surface area contributed by atoms with E-state index in [4.69, 9.17) is 0 Å². The monoisotopic (exact) mass is 222 g/mol. The first-order valence-corrected chi connectivity index (χ1v) is 3.78. The summed E-state index contributed by atoms with van der Waals surface area (Å²) in [6.45, 7) is -0.721. The second-order valence-electron chi connectivity index (χ2n) is 2.66. The number of nitrogens with two attached hydrogens (primary N) is 1. The van der Waals surface area contributed by atoms with Gasteiger partial charge in [0.05, 0.1) is 6.54 Å². The number of benzene rings is 1. The van der Waals surface area contributed by atoms with E-state index in [0.29, 0.717) is 0 Å². The summed E-state index contributed by atoms with van der Waals surface area (Å²) in [6.07, 6.45) is 0. The molecule has 0 saturated heterocycles. The lowest BCUT2D eigenvalue weighted by atomic mass is 10.2. The summed E-state index contributed by atoms with van der Waals surface area (Å²) >= 11 is 0. The highest BCUT2D eigenvalue weighted by Gasteiger charge is 2.18. The van der Waals surface area contributed by atoms with E-state index < -0.39 is 41.4 Å². The molecule has 0 aromatic heterocycles. The van der Waals surface area contributed by atoms with Gasteiger partial charge >= 0.3 is 6.03 Å². The van der Waals surface area contributed by atoms with Crippen LogP contribution >= 0.6 is 0 Å². The number of hydrogen-bond donors (Lipinski definition) is 2. The van der Waals surface area contributed by atoms with Crippen molar-refractivity contribution in [1.29, 1.82) is 0 Å². The van der Waals surface area contributed by atoms with Gasteiger partial charge in [-0.25, -0.2) is 22.4 Å². The molecule has 0 heterocycles. The largest absolute Gasteiger partial charge is 0.352 e. The molecule has 0 saturated carbocycles. The number of rotatable bonds is 2. The summed E-state index contributed by atoms with van der Waals surface area (Å²) in [5.74, 6) is -6.17. The van der Waals surface area contributed by atoms with Gasteiger partial charge in [-0.05, 0) is 0 Å². The van der Waals surface area contributed by atoms with E-state index in [-0.39, 0.29) is 6.07 Å². The highest BCUT2D eigenvalue weighted by Crippen LogP contribution is 2.18. The van der Waals surface area contributed by atoms with Gasteiger partial charge in [-0.3, -0.25) is 0 Å².